The Kier molecular flexibility index (Phi) is 6.29. The van der Waals surface area contributed by atoms with Crippen LogP contribution < -0.4 is 0 Å². The highest BCUT2D eigenvalue weighted by Gasteiger charge is 2.27. The van der Waals surface area contributed by atoms with Gasteiger partial charge in [-0.3, -0.25) is 9.59 Å². The van der Waals surface area contributed by atoms with Gasteiger partial charge >= 0.3 is 0 Å². The highest BCUT2D eigenvalue weighted by molar-refractivity contribution is 5.77. The summed E-state index contributed by atoms with van der Waals surface area (Å²) in [5, 5.41) is 0. The van der Waals surface area contributed by atoms with Gasteiger partial charge in [0.15, 0.2) is 0 Å². The summed E-state index contributed by atoms with van der Waals surface area (Å²) in [4.78, 5) is 33.1. The standard InChI is InChI=1S/C19H30N4O3/c1-15(23-8-5-20-16(23)2)13-18(24)21-6-3-17(4-7-21)14-19(25)22-9-11-26-12-10-22/h5,8,15,17H,3-4,6-7,9-14H2,1-2H3. The second kappa shape index (κ2) is 8.66. The number of rotatable bonds is 5. The smallest absolute Gasteiger partial charge is 0.224 e. The number of morpholine rings is 1. The quantitative estimate of drug-likeness (QED) is 0.798. The fraction of sp³-hybridized carbons (Fsp3) is 0.737. The summed E-state index contributed by atoms with van der Waals surface area (Å²) in [6, 6.07) is 0.116. The molecule has 0 bridgehead atoms. The Hall–Kier alpha value is -1.89. The first kappa shape index (κ1) is 18.9. The largest absolute Gasteiger partial charge is 0.378 e. The molecule has 2 aliphatic rings. The second-order valence-corrected chi connectivity index (χ2v) is 7.46. The first-order chi connectivity index (χ1) is 12.5. The number of hydrogen-bond acceptors (Lipinski definition) is 4. The number of amides is 2. The third kappa shape index (κ3) is 4.63. The molecule has 1 aromatic heterocycles. The Labute approximate surface area is 155 Å². The van der Waals surface area contributed by atoms with Crippen LogP contribution in [0.25, 0.3) is 0 Å². The van der Waals surface area contributed by atoms with Gasteiger partial charge in [-0.05, 0) is 32.6 Å². The molecular weight excluding hydrogens is 332 g/mol. The van der Waals surface area contributed by atoms with Gasteiger partial charge in [-0.15, -0.1) is 0 Å². The van der Waals surface area contributed by atoms with E-state index >= 15 is 0 Å². The molecule has 2 saturated heterocycles. The normalized spacial score (nSPS) is 20.2. The molecule has 2 amide bonds. The topological polar surface area (TPSA) is 67.7 Å². The molecule has 0 radical (unpaired) electrons. The number of piperidine rings is 1. The number of imidazole rings is 1. The molecule has 2 aliphatic heterocycles. The Morgan fingerprint density at radius 1 is 1.15 bits per heavy atom. The summed E-state index contributed by atoms with van der Waals surface area (Å²) in [6.07, 6.45) is 6.63. The van der Waals surface area contributed by atoms with Crippen molar-refractivity contribution in [1.82, 2.24) is 19.4 Å². The molecule has 0 spiro atoms. The zero-order valence-electron chi connectivity index (χ0n) is 15.9. The molecule has 3 rings (SSSR count). The van der Waals surface area contributed by atoms with Crippen LogP contribution in [-0.2, 0) is 14.3 Å². The Balaban J connectivity index is 1.42. The number of carbonyl (C=O) groups is 2. The minimum Gasteiger partial charge on any atom is -0.378 e. The first-order valence-electron chi connectivity index (χ1n) is 9.67. The Morgan fingerprint density at radius 2 is 1.81 bits per heavy atom. The summed E-state index contributed by atoms with van der Waals surface area (Å²) >= 11 is 0. The molecule has 0 aliphatic carbocycles. The maximum absolute atomic E-state index is 12.6. The van der Waals surface area contributed by atoms with Crippen molar-refractivity contribution < 1.29 is 14.3 Å². The summed E-state index contributed by atoms with van der Waals surface area (Å²) in [6.45, 7) is 8.24. The van der Waals surface area contributed by atoms with E-state index in [1.165, 1.54) is 0 Å². The molecule has 1 aromatic rings. The van der Waals surface area contributed by atoms with Gasteiger partial charge in [0, 0.05) is 57.5 Å². The van der Waals surface area contributed by atoms with Crippen LogP contribution in [0, 0.1) is 12.8 Å². The van der Waals surface area contributed by atoms with E-state index in [4.69, 9.17) is 4.74 Å². The van der Waals surface area contributed by atoms with E-state index in [1.807, 2.05) is 27.5 Å². The Morgan fingerprint density at radius 3 is 2.42 bits per heavy atom. The van der Waals surface area contributed by atoms with E-state index in [0.29, 0.717) is 45.1 Å². The van der Waals surface area contributed by atoms with Crippen LogP contribution in [0.4, 0.5) is 0 Å². The van der Waals surface area contributed by atoms with Crippen LogP contribution in [0.1, 0.15) is 44.5 Å². The van der Waals surface area contributed by atoms with Crippen molar-refractivity contribution in [2.24, 2.45) is 5.92 Å². The number of nitrogens with zero attached hydrogens (tertiary/aromatic N) is 4. The van der Waals surface area contributed by atoms with E-state index in [9.17, 15) is 9.59 Å². The molecule has 7 nitrogen and oxygen atoms in total. The predicted octanol–water partition coefficient (Wildman–Crippen LogP) is 1.63. The lowest BCUT2D eigenvalue weighted by atomic mass is 9.92. The molecule has 7 heteroatoms. The fourth-order valence-corrected chi connectivity index (χ4v) is 3.91. The molecule has 144 valence electrons. The highest BCUT2D eigenvalue weighted by Crippen LogP contribution is 2.23. The van der Waals surface area contributed by atoms with E-state index in [1.54, 1.807) is 6.20 Å². The van der Waals surface area contributed by atoms with Gasteiger partial charge in [0.05, 0.1) is 13.2 Å². The summed E-state index contributed by atoms with van der Waals surface area (Å²) in [5.74, 6) is 1.76. The lowest BCUT2D eigenvalue weighted by Crippen LogP contribution is -2.43. The van der Waals surface area contributed by atoms with Gasteiger partial charge in [0.1, 0.15) is 5.82 Å². The lowest BCUT2D eigenvalue weighted by Gasteiger charge is -2.34. The summed E-state index contributed by atoms with van der Waals surface area (Å²) in [5.41, 5.74) is 0. The van der Waals surface area contributed by atoms with Gasteiger partial charge in [-0.1, -0.05) is 0 Å². The molecule has 0 N–H and O–H groups in total. The number of hydrogen-bond donors (Lipinski definition) is 0. The molecule has 0 aromatic carbocycles. The fourth-order valence-electron chi connectivity index (χ4n) is 3.91. The zero-order chi connectivity index (χ0) is 18.5. The maximum Gasteiger partial charge on any atom is 0.224 e. The van der Waals surface area contributed by atoms with Gasteiger partial charge in [0.2, 0.25) is 11.8 Å². The third-order valence-corrected chi connectivity index (χ3v) is 5.60. The van der Waals surface area contributed by atoms with Gasteiger partial charge in [-0.25, -0.2) is 4.98 Å². The van der Waals surface area contributed by atoms with E-state index in [2.05, 4.69) is 11.9 Å². The Bertz CT molecular complexity index is 616. The van der Waals surface area contributed by atoms with Crippen molar-refractivity contribution in [2.75, 3.05) is 39.4 Å². The maximum atomic E-state index is 12.6. The van der Waals surface area contributed by atoms with Crippen molar-refractivity contribution in [1.29, 1.82) is 0 Å². The monoisotopic (exact) mass is 362 g/mol. The van der Waals surface area contributed by atoms with Crippen LogP contribution in [0.5, 0.6) is 0 Å². The lowest BCUT2D eigenvalue weighted by molar-refractivity contribution is -0.137. The first-order valence-corrected chi connectivity index (χ1v) is 9.67. The molecule has 0 saturated carbocycles. The third-order valence-electron chi connectivity index (χ3n) is 5.60. The van der Waals surface area contributed by atoms with Crippen molar-refractivity contribution in [3.05, 3.63) is 18.2 Å². The van der Waals surface area contributed by atoms with Crippen molar-refractivity contribution in [3.8, 4) is 0 Å². The molecule has 1 atom stereocenters. The molecule has 26 heavy (non-hydrogen) atoms. The number of aromatic nitrogens is 2. The van der Waals surface area contributed by atoms with Gasteiger partial charge in [0.25, 0.3) is 0 Å². The number of carbonyl (C=O) groups excluding carboxylic acids is 2. The van der Waals surface area contributed by atoms with Crippen LogP contribution in [0.2, 0.25) is 0 Å². The van der Waals surface area contributed by atoms with Gasteiger partial charge < -0.3 is 19.1 Å². The van der Waals surface area contributed by atoms with Gasteiger partial charge in [-0.2, -0.15) is 0 Å². The van der Waals surface area contributed by atoms with E-state index < -0.39 is 0 Å². The van der Waals surface area contributed by atoms with Crippen molar-refractivity contribution >= 4 is 11.8 Å². The van der Waals surface area contributed by atoms with E-state index in [0.717, 1.165) is 31.8 Å². The SMILES string of the molecule is Cc1nccn1C(C)CC(=O)N1CCC(CC(=O)N2CCOCC2)CC1. The van der Waals surface area contributed by atoms with Crippen molar-refractivity contribution in [3.63, 3.8) is 0 Å². The van der Waals surface area contributed by atoms with Crippen LogP contribution in [0.3, 0.4) is 0 Å². The highest BCUT2D eigenvalue weighted by atomic mass is 16.5. The number of aryl methyl sites for hydroxylation is 1. The summed E-state index contributed by atoms with van der Waals surface area (Å²) in [7, 11) is 0. The van der Waals surface area contributed by atoms with Crippen LogP contribution >= 0.6 is 0 Å². The van der Waals surface area contributed by atoms with Crippen LogP contribution in [-0.4, -0.2) is 70.6 Å². The predicted molar refractivity (Wildman–Crippen MR) is 97.6 cm³/mol. The second-order valence-electron chi connectivity index (χ2n) is 7.46. The molecule has 1 unspecified atom stereocenters. The van der Waals surface area contributed by atoms with Crippen LogP contribution in [0.15, 0.2) is 12.4 Å². The number of ether oxygens (including phenoxy) is 1. The summed E-state index contributed by atoms with van der Waals surface area (Å²) < 4.78 is 7.35. The molecular formula is C19H30N4O3. The zero-order valence-corrected chi connectivity index (χ0v) is 15.9. The average Bonchev–Trinajstić information content (AvgIpc) is 3.09. The number of likely N-dealkylation sites (tertiary alicyclic amines) is 1. The molecule has 3 heterocycles. The minimum absolute atomic E-state index is 0.116. The average molecular weight is 362 g/mol. The molecule has 2 fully saturated rings. The van der Waals surface area contributed by atoms with E-state index in [-0.39, 0.29) is 17.9 Å². The minimum atomic E-state index is 0.116. The van der Waals surface area contributed by atoms with Crippen molar-refractivity contribution in [2.45, 2.75) is 45.6 Å².